The number of ether oxygens (including phenoxy) is 1. The average molecular weight is 475 g/mol. The summed E-state index contributed by atoms with van der Waals surface area (Å²) in [7, 11) is 0. The predicted octanol–water partition coefficient (Wildman–Crippen LogP) is 8.83. The maximum absolute atomic E-state index is 15.2. The molecule has 1 nitrogen and oxygen atoms in total. The Morgan fingerprint density at radius 1 is 0.618 bits per heavy atom. The van der Waals surface area contributed by atoms with Crippen LogP contribution in [0.2, 0.25) is 0 Å². The van der Waals surface area contributed by atoms with Crippen LogP contribution >= 0.6 is 0 Å². The molecule has 1 aliphatic heterocycles. The van der Waals surface area contributed by atoms with Crippen LogP contribution in [0.4, 0.5) is 17.6 Å². The highest BCUT2D eigenvalue weighted by Crippen LogP contribution is 2.45. The number of epoxide rings is 1. The van der Waals surface area contributed by atoms with Crippen LogP contribution in [0.3, 0.4) is 0 Å². The number of benzene rings is 2. The Hall–Kier alpha value is -1.88. The lowest BCUT2D eigenvalue weighted by Crippen LogP contribution is -2.17. The van der Waals surface area contributed by atoms with Crippen molar-refractivity contribution in [2.45, 2.75) is 95.0 Å². The van der Waals surface area contributed by atoms with Gasteiger partial charge in [-0.25, -0.2) is 17.6 Å². The van der Waals surface area contributed by atoms with Gasteiger partial charge in [-0.15, -0.1) is 0 Å². The molecule has 5 heteroatoms. The minimum atomic E-state index is -0.811. The van der Waals surface area contributed by atoms with E-state index in [1.807, 2.05) is 0 Å². The second-order valence-corrected chi connectivity index (χ2v) is 10.6. The third-order valence-electron chi connectivity index (χ3n) is 8.55. The zero-order valence-corrected chi connectivity index (χ0v) is 19.9. The van der Waals surface area contributed by atoms with E-state index < -0.39 is 23.3 Å². The second-order valence-electron chi connectivity index (χ2n) is 10.6. The van der Waals surface area contributed by atoms with Crippen LogP contribution in [0, 0.1) is 29.2 Å². The van der Waals surface area contributed by atoms with Gasteiger partial charge in [0.2, 0.25) is 0 Å². The fourth-order valence-electron chi connectivity index (χ4n) is 6.47. The molecule has 3 fully saturated rings. The van der Waals surface area contributed by atoms with Crippen LogP contribution < -0.4 is 0 Å². The molecule has 0 amide bonds. The lowest BCUT2D eigenvalue weighted by Gasteiger charge is -2.31. The smallest absolute Gasteiger partial charge is 0.165 e. The summed E-state index contributed by atoms with van der Waals surface area (Å²) in [5, 5.41) is 0. The quantitative estimate of drug-likeness (QED) is 0.301. The first-order valence-electron chi connectivity index (χ1n) is 13.0. The molecule has 2 aromatic carbocycles. The minimum absolute atomic E-state index is 0.0906. The highest BCUT2D eigenvalue weighted by atomic mass is 19.2. The molecule has 184 valence electrons. The maximum Gasteiger partial charge on any atom is 0.165 e. The summed E-state index contributed by atoms with van der Waals surface area (Å²) in [5.74, 6) is -2.35. The Morgan fingerprint density at radius 3 is 1.35 bits per heavy atom. The summed E-state index contributed by atoms with van der Waals surface area (Å²) in [6.45, 7) is 2.63. The standard InChI is InChI=1S/C29H34F4O/c1-2-3-17-4-6-18(7-5-17)21-12-13-22(27(31)26(21)30)19-8-10-20(11-9-19)23-14-15-24(25-16-34-25)29(33)28(23)32/h12-15,17-20,25H,2-11,16H2,1H3. The Morgan fingerprint density at radius 2 is 0.971 bits per heavy atom. The third-order valence-corrected chi connectivity index (χ3v) is 8.55. The van der Waals surface area contributed by atoms with Gasteiger partial charge in [-0.05, 0) is 91.7 Å². The van der Waals surface area contributed by atoms with Crippen molar-refractivity contribution in [3.63, 3.8) is 0 Å². The minimum Gasteiger partial charge on any atom is -0.368 e. The van der Waals surface area contributed by atoms with Crippen molar-refractivity contribution in [3.05, 3.63) is 69.8 Å². The summed E-state index contributed by atoms with van der Waals surface area (Å²) in [4.78, 5) is 0. The molecule has 0 N–H and O–H groups in total. The van der Waals surface area contributed by atoms with E-state index in [-0.39, 0.29) is 29.4 Å². The highest BCUT2D eigenvalue weighted by Gasteiger charge is 2.33. The van der Waals surface area contributed by atoms with E-state index >= 15 is 8.78 Å². The van der Waals surface area contributed by atoms with Crippen molar-refractivity contribution >= 4 is 0 Å². The summed E-state index contributed by atoms with van der Waals surface area (Å²) in [5.41, 5.74) is 1.64. The summed E-state index contributed by atoms with van der Waals surface area (Å²) < 4.78 is 64.5. The van der Waals surface area contributed by atoms with Crippen molar-refractivity contribution in [3.8, 4) is 0 Å². The van der Waals surface area contributed by atoms with Gasteiger partial charge in [-0.1, -0.05) is 44.0 Å². The molecule has 2 saturated carbocycles. The molecular weight excluding hydrogens is 440 g/mol. The van der Waals surface area contributed by atoms with Gasteiger partial charge in [0, 0.05) is 5.56 Å². The van der Waals surface area contributed by atoms with E-state index in [0.717, 1.165) is 31.6 Å². The molecule has 2 aliphatic carbocycles. The molecule has 0 radical (unpaired) electrons. The van der Waals surface area contributed by atoms with Crippen molar-refractivity contribution in [1.29, 1.82) is 0 Å². The number of hydrogen-bond acceptors (Lipinski definition) is 1. The number of rotatable bonds is 6. The topological polar surface area (TPSA) is 12.5 Å². The van der Waals surface area contributed by atoms with Gasteiger partial charge in [0.1, 0.15) is 6.10 Å². The summed E-state index contributed by atoms with van der Waals surface area (Å²) in [6, 6.07) is 6.88. The van der Waals surface area contributed by atoms with Crippen molar-refractivity contribution < 1.29 is 22.3 Å². The van der Waals surface area contributed by atoms with Gasteiger partial charge in [0.25, 0.3) is 0 Å². The molecule has 1 unspecified atom stereocenters. The zero-order chi connectivity index (χ0) is 23.8. The number of halogens is 4. The van der Waals surface area contributed by atoms with Gasteiger partial charge in [0.05, 0.1) is 6.61 Å². The fraction of sp³-hybridized carbons (Fsp3) is 0.586. The lowest BCUT2D eigenvalue weighted by atomic mass is 9.74. The van der Waals surface area contributed by atoms with Crippen LogP contribution in [-0.2, 0) is 4.74 Å². The van der Waals surface area contributed by atoms with Gasteiger partial charge >= 0.3 is 0 Å². The SMILES string of the molecule is CCCC1CCC(c2ccc(C3CCC(c4ccc(C5CO5)c(F)c4F)CC3)c(F)c2F)CC1. The van der Waals surface area contributed by atoms with Crippen LogP contribution in [-0.4, -0.2) is 6.61 Å². The van der Waals surface area contributed by atoms with E-state index in [0.29, 0.717) is 49.0 Å². The van der Waals surface area contributed by atoms with Crippen LogP contribution in [0.25, 0.3) is 0 Å². The monoisotopic (exact) mass is 474 g/mol. The maximum atomic E-state index is 15.2. The van der Waals surface area contributed by atoms with E-state index in [2.05, 4.69) is 6.92 Å². The van der Waals surface area contributed by atoms with E-state index in [1.54, 1.807) is 24.3 Å². The predicted molar refractivity (Wildman–Crippen MR) is 125 cm³/mol. The first-order chi connectivity index (χ1) is 16.5. The van der Waals surface area contributed by atoms with Crippen LogP contribution in [0.1, 0.15) is 117 Å². The Labute approximate surface area is 199 Å². The Balaban J connectivity index is 1.25. The third kappa shape index (κ3) is 4.65. The molecule has 0 spiro atoms. The van der Waals surface area contributed by atoms with Gasteiger partial charge in [-0.3, -0.25) is 0 Å². The molecule has 5 rings (SSSR count). The van der Waals surface area contributed by atoms with E-state index in [4.69, 9.17) is 4.74 Å². The highest BCUT2D eigenvalue weighted by molar-refractivity contribution is 5.34. The zero-order valence-electron chi connectivity index (χ0n) is 19.9. The molecule has 3 aliphatic rings. The molecular formula is C29H34F4O. The summed E-state index contributed by atoms with van der Waals surface area (Å²) in [6.07, 6.45) is 8.65. The Kier molecular flexibility index (Phi) is 7.02. The van der Waals surface area contributed by atoms with Gasteiger partial charge in [0.15, 0.2) is 23.3 Å². The molecule has 34 heavy (non-hydrogen) atoms. The average Bonchev–Trinajstić information content (AvgIpc) is 3.69. The van der Waals surface area contributed by atoms with Crippen molar-refractivity contribution in [1.82, 2.24) is 0 Å². The van der Waals surface area contributed by atoms with Gasteiger partial charge < -0.3 is 4.74 Å². The van der Waals surface area contributed by atoms with Crippen molar-refractivity contribution in [2.24, 2.45) is 5.92 Å². The molecule has 1 heterocycles. The molecule has 0 bridgehead atoms. The first kappa shape index (κ1) is 23.8. The van der Waals surface area contributed by atoms with Gasteiger partial charge in [-0.2, -0.15) is 0 Å². The van der Waals surface area contributed by atoms with Crippen LogP contribution in [0.5, 0.6) is 0 Å². The van der Waals surface area contributed by atoms with E-state index in [9.17, 15) is 8.78 Å². The normalized spacial score (nSPS) is 29.3. The molecule has 1 saturated heterocycles. The largest absolute Gasteiger partial charge is 0.368 e. The second kappa shape index (κ2) is 10.0. The van der Waals surface area contributed by atoms with Crippen molar-refractivity contribution in [2.75, 3.05) is 6.61 Å². The first-order valence-corrected chi connectivity index (χ1v) is 13.0. The van der Waals surface area contributed by atoms with E-state index in [1.165, 1.54) is 12.8 Å². The molecule has 0 aromatic heterocycles. The van der Waals surface area contributed by atoms with Crippen LogP contribution in [0.15, 0.2) is 24.3 Å². The fourth-order valence-corrected chi connectivity index (χ4v) is 6.47. The molecule has 2 aromatic rings. The lowest BCUT2D eigenvalue weighted by molar-refractivity contribution is 0.302. The molecule has 1 atom stereocenters. The summed E-state index contributed by atoms with van der Waals surface area (Å²) >= 11 is 0. The number of hydrogen-bond donors (Lipinski definition) is 0. The Bertz CT molecular complexity index is 1020.